The highest BCUT2D eigenvalue weighted by Gasteiger charge is 2.16. The second-order valence-corrected chi connectivity index (χ2v) is 8.05. The average molecular weight is 384 g/mol. The van der Waals surface area contributed by atoms with Crippen molar-refractivity contribution in [1.29, 1.82) is 0 Å². The van der Waals surface area contributed by atoms with Gasteiger partial charge in [0.2, 0.25) is 0 Å². The van der Waals surface area contributed by atoms with Crippen LogP contribution in [-0.2, 0) is 4.74 Å². The molecule has 0 bridgehead atoms. The first-order valence-electron chi connectivity index (χ1n) is 8.91. The molecule has 0 aliphatic rings. The summed E-state index contributed by atoms with van der Waals surface area (Å²) in [7, 11) is 4.12. The van der Waals surface area contributed by atoms with Crippen LogP contribution in [0.5, 0.6) is 0 Å². The van der Waals surface area contributed by atoms with Crippen LogP contribution >= 0.6 is 11.3 Å². The zero-order chi connectivity index (χ0) is 19.6. The molecule has 26 heavy (non-hydrogen) atoms. The SMILES string of the molecule is CCNC(=NCC(c1cccs1)N(C)C)NCCNC(=O)OC(C)(C)C. The van der Waals surface area contributed by atoms with E-state index in [0.29, 0.717) is 19.6 Å². The fourth-order valence-electron chi connectivity index (χ4n) is 2.17. The molecule has 0 spiro atoms. The van der Waals surface area contributed by atoms with Crippen molar-refractivity contribution in [3.63, 3.8) is 0 Å². The number of aliphatic imine (C=N–C) groups is 1. The molecule has 148 valence electrons. The van der Waals surface area contributed by atoms with Crippen LogP contribution in [0.4, 0.5) is 4.79 Å². The Bertz CT molecular complexity index is 552. The van der Waals surface area contributed by atoms with Gasteiger partial charge in [0, 0.05) is 24.5 Å². The fourth-order valence-corrected chi connectivity index (χ4v) is 3.08. The maximum atomic E-state index is 11.6. The van der Waals surface area contributed by atoms with Crippen LogP contribution in [0.1, 0.15) is 38.6 Å². The van der Waals surface area contributed by atoms with Crippen molar-refractivity contribution in [3.05, 3.63) is 22.4 Å². The predicted molar refractivity (Wildman–Crippen MR) is 109 cm³/mol. The highest BCUT2D eigenvalue weighted by Crippen LogP contribution is 2.23. The van der Waals surface area contributed by atoms with Gasteiger partial charge in [-0.05, 0) is 53.2 Å². The molecule has 8 heteroatoms. The summed E-state index contributed by atoms with van der Waals surface area (Å²) in [5.41, 5.74) is -0.489. The zero-order valence-electron chi connectivity index (χ0n) is 16.8. The van der Waals surface area contributed by atoms with Gasteiger partial charge in [-0.15, -0.1) is 11.3 Å². The third-order valence-corrected chi connectivity index (χ3v) is 4.32. The minimum atomic E-state index is -0.489. The molecule has 7 nitrogen and oxygen atoms in total. The molecule has 1 atom stereocenters. The maximum Gasteiger partial charge on any atom is 0.407 e. The lowest BCUT2D eigenvalue weighted by molar-refractivity contribution is 0.0529. The second kappa shape index (κ2) is 11.0. The number of amides is 1. The number of guanidine groups is 1. The van der Waals surface area contributed by atoms with Crippen LogP contribution in [-0.4, -0.2) is 62.8 Å². The number of likely N-dealkylation sites (N-methyl/N-ethyl adjacent to an activating group) is 1. The first-order chi connectivity index (χ1) is 12.2. The van der Waals surface area contributed by atoms with E-state index in [1.807, 2.05) is 27.7 Å². The quantitative estimate of drug-likeness (QED) is 0.365. The molecular weight excluding hydrogens is 350 g/mol. The molecule has 1 rings (SSSR count). The normalized spacial score (nSPS) is 13.4. The largest absolute Gasteiger partial charge is 0.444 e. The highest BCUT2D eigenvalue weighted by molar-refractivity contribution is 7.10. The monoisotopic (exact) mass is 383 g/mol. The first kappa shape index (κ1) is 22.2. The maximum absolute atomic E-state index is 11.6. The molecule has 3 N–H and O–H groups in total. The second-order valence-electron chi connectivity index (χ2n) is 7.07. The third-order valence-electron chi connectivity index (χ3n) is 3.35. The van der Waals surface area contributed by atoms with E-state index in [0.717, 1.165) is 12.5 Å². The number of ether oxygens (including phenoxy) is 1. The molecule has 1 unspecified atom stereocenters. The Hall–Kier alpha value is -1.80. The molecule has 1 amide bonds. The van der Waals surface area contributed by atoms with Crippen molar-refractivity contribution in [1.82, 2.24) is 20.9 Å². The topological polar surface area (TPSA) is 78.0 Å². The Morgan fingerprint density at radius 3 is 2.50 bits per heavy atom. The lowest BCUT2D eigenvalue weighted by Crippen LogP contribution is -2.42. The Balaban J connectivity index is 2.49. The number of carbonyl (C=O) groups excluding carboxylic acids is 1. The lowest BCUT2D eigenvalue weighted by Gasteiger charge is -2.22. The van der Waals surface area contributed by atoms with Gasteiger partial charge in [-0.1, -0.05) is 6.07 Å². The Kier molecular flexibility index (Phi) is 9.43. The molecule has 1 aromatic rings. The van der Waals surface area contributed by atoms with E-state index in [4.69, 9.17) is 4.74 Å². The van der Waals surface area contributed by atoms with Gasteiger partial charge in [-0.25, -0.2) is 4.79 Å². The van der Waals surface area contributed by atoms with E-state index in [9.17, 15) is 4.79 Å². The molecule has 0 aliphatic heterocycles. The van der Waals surface area contributed by atoms with Crippen molar-refractivity contribution in [2.75, 3.05) is 40.3 Å². The van der Waals surface area contributed by atoms with Gasteiger partial charge in [0.15, 0.2) is 5.96 Å². The Morgan fingerprint density at radius 1 is 1.27 bits per heavy atom. The number of hydrogen-bond donors (Lipinski definition) is 3. The van der Waals surface area contributed by atoms with E-state index in [2.05, 4.69) is 57.5 Å². The molecule has 0 aromatic carbocycles. The van der Waals surface area contributed by atoms with E-state index in [1.165, 1.54) is 4.88 Å². The Labute approximate surface area is 161 Å². The molecule has 0 fully saturated rings. The Morgan fingerprint density at radius 2 is 1.96 bits per heavy atom. The summed E-state index contributed by atoms with van der Waals surface area (Å²) in [5.74, 6) is 0.738. The first-order valence-corrected chi connectivity index (χ1v) is 9.79. The summed E-state index contributed by atoms with van der Waals surface area (Å²) >= 11 is 1.74. The highest BCUT2D eigenvalue weighted by atomic mass is 32.1. The van der Waals surface area contributed by atoms with E-state index >= 15 is 0 Å². The van der Waals surface area contributed by atoms with Gasteiger partial charge >= 0.3 is 6.09 Å². The van der Waals surface area contributed by atoms with E-state index in [1.54, 1.807) is 11.3 Å². The fraction of sp³-hybridized carbons (Fsp3) is 0.667. The zero-order valence-corrected chi connectivity index (χ0v) is 17.6. The van der Waals surface area contributed by atoms with Crippen LogP contribution in [0.2, 0.25) is 0 Å². The van der Waals surface area contributed by atoms with Gasteiger partial charge in [0.1, 0.15) is 5.60 Å². The van der Waals surface area contributed by atoms with Crippen molar-refractivity contribution in [2.24, 2.45) is 4.99 Å². The summed E-state index contributed by atoms with van der Waals surface area (Å²) < 4.78 is 5.21. The molecule has 0 saturated heterocycles. The van der Waals surface area contributed by atoms with Crippen LogP contribution in [0.15, 0.2) is 22.5 Å². The number of hydrogen-bond acceptors (Lipinski definition) is 5. The van der Waals surface area contributed by atoms with Crippen molar-refractivity contribution < 1.29 is 9.53 Å². The van der Waals surface area contributed by atoms with Gasteiger partial charge in [-0.3, -0.25) is 4.99 Å². The summed E-state index contributed by atoms with van der Waals surface area (Å²) in [5, 5.41) is 11.3. The summed E-state index contributed by atoms with van der Waals surface area (Å²) in [6.45, 7) is 10.0. The van der Waals surface area contributed by atoms with Crippen LogP contribution in [0, 0.1) is 0 Å². The number of carbonyl (C=O) groups is 1. The van der Waals surface area contributed by atoms with Crippen LogP contribution in [0.25, 0.3) is 0 Å². The van der Waals surface area contributed by atoms with Gasteiger partial charge in [0.25, 0.3) is 0 Å². The molecular formula is C18H33N5O2S. The van der Waals surface area contributed by atoms with E-state index < -0.39 is 11.7 Å². The van der Waals surface area contributed by atoms with Crippen molar-refractivity contribution in [3.8, 4) is 0 Å². The van der Waals surface area contributed by atoms with Gasteiger partial charge in [0.05, 0.1) is 12.6 Å². The van der Waals surface area contributed by atoms with Crippen molar-refractivity contribution >= 4 is 23.4 Å². The molecule has 1 heterocycles. The molecule has 1 aromatic heterocycles. The number of rotatable bonds is 8. The minimum absolute atomic E-state index is 0.241. The molecule has 0 aliphatic carbocycles. The number of nitrogens with one attached hydrogen (secondary N) is 3. The van der Waals surface area contributed by atoms with Gasteiger partial charge < -0.3 is 25.6 Å². The predicted octanol–water partition coefficient (Wildman–Crippen LogP) is 2.43. The third kappa shape index (κ3) is 9.05. The van der Waals surface area contributed by atoms with Crippen molar-refractivity contribution in [2.45, 2.75) is 39.3 Å². The summed E-state index contributed by atoms with van der Waals surface area (Å²) in [6, 6.07) is 4.44. The lowest BCUT2D eigenvalue weighted by atomic mass is 10.2. The van der Waals surface area contributed by atoms with E-state index in [-0.39, 0.29) is 6.04 Å². The average Bonchev–Trinajstić information content (AvgIpc) is 3.03. The number of nitrogens with zero attached hydrogens (tertiary/aromatic N) is 2. The minimum Gasteiger partial charge on any atom is -0.444 e. The van der Waals surface area contributed by atoms with Gasteiger partial charge in [-0.2, -0.15) is 0 Å². The number of thiophene rings is 1. The molecule has 0 radical (unpaired) electrons. The standard InChI is InChI=1S/C18H33N5O2S/c1-7-19-16(20-10-11-21-17(24)25-18(2,3)4)22-13-14(23(5)6)15-9-8-12-26-15/h8-9,12,14H,7,10-11,13H2,1-6H3,(H,21,24)(H2,19,20,22). The smallest absolute Gasteiger partial charge is 0.407 e. The van der Waals surface area contributed by atoms with Crippen LogP contribution < -0.4 is 16.0 Å². The summed E-state index contributed by atoms with van der Waals surface area (Å²) in [4.78, 5) is 19.8. The van der Waals surface area contributed by atoms with Crippen LogP contribution in [0.3, 0.4) is 0 Å². The molecule has 0 saturated carbocycles. The summed E-state index contributed by atoms with van der Waals surface area (Å²) in [6.07, 6.45) is -0.411. The number of alkyl carbamates (subject to hydrolysis) is 1.